The van der Waals surface area contributed by atoms with Crippen LogP contribution in [0.5, 0.6) is 5.75 Å². The zero-order valence-corrected chi connectivity index (χ0v) is 19.1. The predicted molar refractivity (Wildman–Crippen MR) is 129 cm³/mol. The molecule has 0 amide bonds. The van der Waals surface area contributed by atoms with Crippen molar-refractivity contribution in [3.05, 3.63) is 76.8 Å². The molecule has 0 spiro atoms. The molecular formula is C25H31Cl2NO2. The van der Waals surface area contributed by atoms with Crippen molar-refractivity contribution in [1.29, 1.82) is 0 Å². The lowest BCUT2D eigenvalue weighted by molar-refractivity contribution is 0.128. The Bertz CT molecular complexity index is 884. The van der Waals surface area contributed by atoms with E-state index in [1.807, 2.05) is 24.3 Å². The van der Waals surface area contributed by atoms with Crippen LogP contribution in [0.1, 0.15) is 37.3 Å². The van der Waals surface area contributed by atoms with E-state index < -0.39 is 0 Å². The van der Waals surface area contributed by atoms with Gasteiger partial charge in [-0.1, -0.05) is 67.4 Å². The van der Waals surface area contributed by atoms with Crippen LogP contribution in [0, 0.1) is 0 Å². The number of unbranched alkanes of at least 4 members (excludes halogenated alkanes) is 1. The highest BCUT2D eigenvalue weighted by molar-refractivity contribution is 6.30. The predicted octanol–water partition coefficient (Wildman–Crippen LogP) is 6.79. The van der Waals surface area contributed by atoms with Crippen LogP contribution in [0.25, 0.3) is 10.8 Å². The number of hydrogen-bond acceptors (Lipinski definition) is 3. The van der Waals surface area contributed by atoms with Gasteiger partial charge < -0.3 is 14.8 Å². The molecule has 5 heteroatoms. The number of halogens is 2. The molecule has 0 heterocycles. The summed E-state index contributed by atoms with van der Waals surface area (Å²) < 4.78 is 11.8. The molecule has 0 saturated carbocycles. The Kier molecular flexibility index (Phi) is 11.0. The molecule has 3 aromatic rings. The van der Waals surface area contributed by atoms with Gasteiger partial charge in [0.2, 0.25) is 0 Å². The van der Waals surface area contributed by atoms with Crippen LogP contribution in [0.3, 0.4) is 0 Å². The fourth-order valence-electron chi connectivity index (χ4n) is 3.24. The number of hydrogen-bond donors (Lipinski definition) is 1. The van der Waals surface area contributed by atoms with Crippen molar-refractivity contribution in [2.24, 2.45) is 0 Å². The summed E-state index contributed by atoms with van der Waals surface area (Å²) in [6, 6.07) is 20.4. The number of rotatable bonds is 12. The van der Waals surface area contributed by atoms with E-state index >= 15 is 0 Å². The number of nitrogens with one attached hydrogen (secondary N) is 1. The van der Waals surface area contributed by atoms with E-state index in [9.17, 15) is 0 Å². The molecule has 0 aliphatic carbocycles. The van der Waals surface area contributed by atoms with E-state index in [0.29, 0.717) is 6.61 Å². The normalized spacial score (nSPS) is 10.7. The second-order valence-electron chi connectivity index (χ2n) is 7.17. The van der Waals surface area contributed by atoms with E-state index in [4.69, 9.17) is 21.1 Å². The lowest BCUT2D eigenvalue weighted by Gasteiger charge is -2.15. The monoisotopic (exact) mass is 447 g/mol. The second kappa shape index (κ2) is 13.5. The van der Waals surface area contributed by atoms with Gasteiger partial charge in [0.1, 0.15) is 12.4 Å². The topological polar surface area (TPSA) is 30.5 Å². The van der Waals surface area contributed by atoms with Gasteiger partial charge in [0.05, 0.1) is 0 Å². The third kappa shape index (κ3) is 7.48. The number of benzene rings is 3. The van der Waals surface area contributed by atoms with Crippen LogP contribution in [-0.4, -0.2) is 19.8 Å². The van der Waals surface area contributed by atoms with Crippen molar-refractivity contribution in [1.82, 2.24) is 5.32 Å². The fourth-order valence-corrected chi connectivity index (χ4v) is 3.36. The summed E-state index contributed by atoms with van der Waals surface area (Å²) in [6.07, 6.45) is 3.32. The Morgan fingerprint density at radius 3 is 2.47 bits per heavy atom. The SMILES string of the molecule is CCCCOCCCNCc1c(OCc2ccc(Cl)cc2)ccc2ccccc12.Cl. The average Bonchev–Trinajstić information content (AvgIpc) is 2.75. The summed E-state index contributed by atoms with van der Waals surface area (Å²) in [5, 5.41) is 6.75. The summed E-state index contributed by atoms with van der Waals surface area (Å²) in [6.45, 7) is 6.07. The van der Waals surface area contributed by atoms with E-state index in [-0.39, 0.29) is 12.4 Å². The van der Waals surface area contributed by atoms with Crippen LogP contribution < -0.4 is 10.1 Å². The molecule has 0 atom stereocenters. The molecule has 0 bridgehead atoms. The lowest BCUT2D eigenvalue weighted by Crippen LogP contribution is -2.17. The minimum Gasteiger partial charge on any atom is -0.489 e. The van der Waals surface area contributed by atoms with Crippen molar-refractivity contribution >= 4 is 34.8 Å². The second-order valence-corrected chi connectivity index (χ2v) is 7.61. The molecular weight excluding hydrogens is 417 g/mol. The highest BCUT2D eigenvalue weighted by Crippen LogP contribution is 2.29. The molecule has 0 aliphatic heterocycles. The average molecular weight is 448 g/mol. The maximum Gasteiger partial charge on any atom is 0.124 e. The Balaban J connectivity index is 0.00000320. The van der Waals surface area contributed by atoms with E-state index in [1.165, 1.54) is 22.8 Å². The van der Waals surface area contributed by atoms with Gasteiger partial charge in [0.15, 0.2) is 0 Å². The summed E-state index contributed by atoms with van der Waals surface area (Å²) in [4.78, 5) is 0. The Labute approximate surface area is 191 Å². The van der Waals surface area contributed by atoms with Gasteiger partial charge in [-0.05, 0) is 53.9 Å². The first kappa shape index (κ1) is 24.5. The highest BCUT2D eigenvalue weighted by atomic mass is 35.5. The van der Waals surface area contributed by atoms with Gasteiger partial charge in [-0.3, -0.25) is 0 Å². The summed E-state index contributed by atoms with van der Waals surface area (Å²) >= 11 is 5.98. The van der Waals surface area contributed by atoms with Crippen LogP contribution in [0.4, 0.5) is 0 Å². The lowest BCUT2D eigenvalue weighted by atomic mass is 10.0. The Morgan fingerprint density at radius 2 is 1.67 bits per heavy atom. The van der Waals surface area contributed by atoms with Crippen LogP contribution in [-0.2, 0) is 17.9 Å². The van der Waals surface area contributed by atoms with Crippen molar-refractivity contribution in [2.45, 2.75) is 39.3 Å². The molecule has 0 aromatic heterocycles. The van der Waals surface area contributed by atoms with Gasteiger partial charge in [-0.15, -0.1) is 12.4 Å². The molecule has 30 heavy (non-hydrogen) atoms. The van der Waals surface area contributed by atoms with Gasteiger partial charge in [0.25, 0.3) is 0 Å². The first-order valence-electron chi connectivity index (χ1n) is 10.4. The largest absolute Gasteiger partial charge is 0.489 e. The smallest absolute Gasteiger partial charge is 0.124 e. The zero-order chi connectivity index (χ0) is 20.3. The third-order valence-corrected chi connectivity index (χ3v) is 5.14. The Hall–Kier alpha value is -1.78. The summed E-state index contributed by atoms with van der Waals surface area (Å²) in [5.74, 6) is 0.922. The molecule has 0 fully saturated rings. The van der Waals surface area contributed by atoms with Gasteiger partial charge >= 0.3 is 0 Å². The first-order valence-corrected chi connectivity index (χ1v) is 10.8. The third-order valence-electron chi connectivity index (χ3n) is 4.89. The van der Waals surface area contributed by atoms with E-state index in [0.717, 1.165) is 55.5 Å². The van der Waals surface area contributed by atoms with Crippen LogP contribution in [0.15, 0.2) is 60.7 Å². The first-order chi connectivity index (χ1) is 14.3. The molecule has 0 aliphatic rings. The minimum absolute atomic E-state index is 0. The molecule has 162 valence electrons. The molecule has 0 radical (unpaired) electrons. The molecule has 0 saturated heterocycles. The van der Waals surface area contributed by atoms with Crippen molar-refractivity contribution in [3.63, 3.8) is 0 Å². The van der Waals surface area contributed by atoms with Gasteiger partial charge in [0, 0.05) is 30.3 Å². The van der Waals surface area contributed by atoms with E-state index in [2.05, 4.69) is 48.6 Å². The molecule has 3 nitrogen and oxygen atoms in total. The highest BCUT2D eigenvalue weighted by Gasteiger charge is 2.09. The molecule has 3 aromatic carbocycles. The van der Waals surface area contributed by atoms with E-state index in [1.54, 1.807) is 0 Å². The zero-order valence-electron chi connectivity index (χ0n) is 17.5. The molecule has 0 unspecified atom stereocenters. The van der Waals surface area contributed by atoms with Crippen molar-refractivity contribution in [3.8, 4) is 5.75 Å². The molecule has 3 rings (SSSR count). The number of fused-ring (bicyclic) bond motifs is 1. The van der Waals surface area contributed by atoms with Crippen LogP contribution >= 0.6 is 24.0 Å². The van der Waals surface area contributed by atoms with Crippen LogP contribution in [0.2, 0.25) is 5.02 Å². The number of ether oxygens (including phenoxy) is 2. The standard InChI is InChI=1S/C25H30ClNO2.ClH/c1-2-3-16-28-17-6-15-27-18-24-23-8-5-4-7-21(23)11-14-25(24)29-19-20-9-12-22(26)13-10-20;/h4-5,7-14,27H,2-3,6,15-19H2,1H3;1H. The maximum absolute atomic E-state index is 6.19. The van der Waals surface area contributed by atoms with Crippen molar-refractivity contribution < 1.29 is 9.47 Å². The minimum atomic E-state index is 0. The van der Waals surface area contributed by atoms with Gasteiger partial charge in [-0.25, -0.2) is 0 Å². The summed E-state index contributed by atoms with van der Waals surface area (Å²) in [5.41, 5.74) is 2.30. The maximum atomic E-state index is 6.19. The summed E-state index contributed by atoms with van der Waals surface area (Å²) in [7, 11) is 0. The fraction of sp³-hybridized carbons (Fsp3) is 0.360. The van der Waals surface area contributed by atoms with Crippen molar-refractivity contribution in [2.75, 3.05) is 19.8 Å². The Morgan fingerprint density at radius 1 is 0.900 bits per heavy atom. The molecule has 1 N–H and O–H groups in total. The van der Waals surface area contributed by atoms with Gasteiger partial charge in [-0.2, -0.15) is 0 Å². The quantitative estimate of drug-likeness (QED) is 0.310.